The van der Waals surface area contributed by atoms with Crippen molar-refractivity contribution in [1.82, 2.24) is 0 Å². The minimum Gasteiger partial charge on any atom is -0.293 e. The summed E-state index contributed by atoms with van der Waals surface area (Å²) < 4.78 is 0. The fourth-order valence-electron chi connectivity index (χ4n) is 3.04. The molecule has 5 heteroatoms. The zero-order valence-corrected chi connectivity index (χ0v) is 11.4. The lowest BCUT2D eigenvalue weighted by Gasteiger charge is -2.28. The summed E-state index contributed by atoms with van der Waals surface area (Å²) in [5.74, 6) is -1.72. The first-order valence-corrected chi connectivity index (χ1v) is 6.80. The standard InChI is InChI=1S/C16H13NO4/c1-2-9-7-8-12-13(14(9)17(20)21)16(19)11-6-4-3-5-10(11)15(12)18/h3-8,10-11H,2H2,1H3. The summed E-state index contributed by atoms with van der Waals surface area (Å²) >= 11 is 0. The van der Waals surface area contributed by atoms with Gasteiger partial charge in [0.15, 0.2) is 11.6 Å². The Morgan fingerprint density at radius 3 is 2.29 bits per heavy atom. The first-order chi connectivity index (χ1) is 10.1. The number of allylic oxidation sites excluding steroid dienone is 4. The van der Waals surface area contributed by atoms with Gasteiger partial charge in [-0.3, -0.25) is 19.7 Å². The van der Waals surface area contributed by atoms with Gasteiger partial charge in [0.05, 0.1) is 16.8 Å². The number of ketones is 2. The van der Waals surface area contributed by atoms with Crippen molar-refractivity contribution in [2.45, 2.75) is 13.3 Å². The Labute approximate surface area is 121 Å². The Balaban J connectivity index is 2.30. The highest BCUT2D eigenvalue weighted by molar-refractivity contribution is 6.19. The Hall–Kier alpha value is -2.56. The number of fused-ring (bicyclic) bond motifs is 2. The highest BCUT2D eigenvalue weighted by Gasteiger charge is 2.43. The molecule has 3 rings (SSSR count). The number of carbonyl (C=O) groups excluding carboxylic acids is 2. The number of nitro benzene ring substituents is 1. The summed E-state index contributed by atoms with van der Waals surface area (Å²) in [7, 11) is 0. The minimum absolute atomic E-state index is 0.0226. The van der Waals surface area contributed by atoms with Crippen molar-refractivity contribution >= 4 is 17.3 Å². The molecule has 0 saturated heterocycles. The molecule has 0 saturated carbocycles. The molecule has 0 amide bonds. The van der Waals surface area contributed by atoms with Gasteiger partial charge in [-0.05, 0) is 12.5 Å². The third-order valence-corrected chi connectivity index (χ3v) is 4.08. The van der Waals surface area contributed by atoms with Crippen LogP contribution < -0.4 is 0 Å². The van der Waals surface area contributed by atoms with Crippen LogP contribution in [0.25, 0.3) is 0 Å². The maximum Gasteiger partial charge on any atom is 0.284 e. The van der Waals surface area contributed by atoms with E-state index < -0.39 is 16.8 Å². The molecule has 2 unspecified atom stereocenters. The van der Waals surface area contributed by atoms with Gasteiger partial charge in [-0.1, -0.05) is 37.3 Å². The van der Waals surface area contributed by atoms with Crippen LogP contribution in [-0.2, 0) is 6.42 Å². The molecule has 2 atom stereocenters. The molecule has 2 aliphatic carbocycles. The van der Waals surface area contributed by atoms with Gasteiger partial charge >= 0.3 is 0 Å². The lowest BCUT2D eigenvalue weighted by molar-refractivity contribution is -0.385. The normalized spacial score (nSPS) is 22.9. The summed E-state index contributed by atoms with van der Waals surface area (Å²) in [6.07, 6.45) is 7.21. The summed E-state index contributed by atoms with van der Waals surface area (Å²) in [5.41, 5.74) is 0.416. The van der Waals surface area contributed by atoms with Gasteiger partial charge in [0.1, 0.15) is 5.56 Å². The smallest absolute Gasteiger partial charge is 0.284 e. The fraction of sp³-hybridized carbons (Fsp3) is 0.250. The molecule has 0 bridgehead atoms. The van der Waals surface area contributed by atoms with Crippen LogP contribution in [-0.4, -0.2) is 16.5 Å². The lowest BCUT2D eigenvalue weighted by atomic mass is 9.71. The molecule has 0 aromatic heterocycles. The number of hydrogen-bond donors (Lipinski definition) is 0. The Kier molecular flexibility index (Phi) is 3.05. The molecule has 1 aromatic carbocycles. The van der Waals surface area contributed by atoms with E-state index in [-0.39, 0.29) is 28.4 Å². The number of rotatable bonds is 2. The van der Waals surface area contributed by atoms with E-state index in [1.165, 1.54) is 0 Å². The molecule has 106 valence electrons. The van der Waals surface area contributed by atoms with Gasteiger partial charge in [0.2, 0.25) is 0 Å². The van der Waals surface area contributed by atoms with Crippen LogP contribution in [0.1, 0.15) is 33.2 Å². The summed E-state index contributed by atoms with van der Waals surface area (Å²) in [6.45, 7) is 1.79. The number of benzene rings is 1. The predicted octanol–water partition coefficient (Wildman–Crippen LogP) is 2.89. The zero-order valence-electron chi connectivity index (χ0n) is 11.4. The van der Waals surface area contributed by atoms with E-state index in [1.54, 1.807) is 43.4 Å². The van der Waals surface area contributed by atoms with Crippen molar-refractivity contribution in [1.29, 1.82) is 0 Å². The van der Waals surface area contributed by atoms with E-state index >= 15 is 0 Å². The van der Waals surface area contributed by atoms with Crippen LogP contribution in [0.3, 0.4) is 0 Å². The number of nitrogens with zero attached hydrogens (tertiary/aromatic N) is 1. The molecule has 0 N–H and O–H groups in total. The van der Waals surface area contributed by atoms with E-state index in [0.29, 0.717) is 12.0 Å². The van der Waals surface area contributed by atoms with Gasteiger partial charge in [-0.25, -0.2) is 0 Å². The molecule has 2 aliphatic rings. The van der Waals surface area contributed by atoms with Crippen molar-refractivity contribution in [2.24, 2.45) is 11.8 Å². The van der Waals surface area contributed by atoms with Crippen LogP contribution in [0.15, 0.2) is 36.4 Å². The van der Waals surface area contributed by atoms with E-state index in [4.69, 9.17) is 0 Å². The molecule has 21 heavy (non-hydrogen) atoms. The second-order valence-electron chi connectivity index (χ2n) is 5.16. The van der Waals surface area contributed by atoms with Crippen LogP contribution >= 0.6 is 0 Å². The van der Waals surface area contributed by atoms with Crippen LogP contribution in [0.5, 0.6) is 0 Å². The maximum absolute atomic E-state index is 12.6. The molecule has 0 radical (unpaired) electrons. The van der Waals surface area contributed by atoms with Crippen molar-refractivity contribution in [3.05, 3.63) is 63.2 Å². The molecule has 1 aromatic rings. The number of carbonyl (C=O) groups is 2. The summed E-state index contributed by atoms with van der Waals surface area (Å²) in [5, 5.41) is 11.4. The second kappa shape index (κ2) is 4.77. The van der Waals surface area contributed by atoms with Crippen molar-refractivity contribution in [2.75, 3.05) is 0 Å². The third kappa shape index (κ3) is 1.85. The van der Waals surface area contributed by atoms with Crippen molar-refractivity contribution in [3.8, 4) is 0 Å². The molecular formula is C16H13NO4. The Morgan fingerprint density at radius 1 is 1.10 bits per heavy atom. The minimum atomic E-state index is -0.624. The first-order valence-electron chi connectivity index (χ1n) is 6.80. The van der Waals surface area contributed by atoms with Gasteiger partial charge in [-0.2, -0.15) is 0 Å². The van der Waals surface area contributed by atoms with Gasteiger partial charge in [-0.15, -0.1) is 0 Å². The maximum atomic E-state index is 12.6. The number of aryl methyl sites for hydroxylation is 1. The summed E-state index contributed by atoms with van der Waals surface area (Å²) in [4.78, 5) is 36.0. The average molecular weight is 283 g/mol. The number of nitro groups is 1. The second-order valence-corrected chi connectivity index (χ2v) is 5.16. The first kappa shape index (κ1) is 13.4. The van der Waals surface area contributed by atoms with Gasteiger partial charge < -0.3 is 0 Å². The van der Waals surface area contributed by atoms with Crippen LogP contribution in [0, 0.1) is 22.0 Å². The van der Waals surface area contributed by atoms with Crippen molar-refractivity contribution < 1.29 is 14.5 Å². The van der Waals surface area contributed by atoms with Gasteiger partial charge in [0.25, 0.3) is 5.69 Å². The van der Waals surface area contributed by atoms with Crippen molar-refractivity contribution in [3.63, 3.8) is 0 Å². The quantitative estimate of drug-likeness (QED) is 0.617. The van der Waals surface area contributed by atoms with E-state index in [1.807, 2.05) is 0 Å². The van der Waals surface area contributed by atoms with Crippen LogP contribution in [0.4, 0.5) is 5.69 Å². The SMILES string of the molecule is CCc1ccc2c(c1[N+](=O)[O-])C(=O)C1C=CC=CC1C2=O. The molecule has 5 nitrogen and oxygen atoms in total. The van der Waals surface area contributed by atoms with Gasteiger partial charge in [0, 0.05) is 11.1 Å². The zero-order chi connectivity index (χ0) is 15.1. The highest BCUT2D eigenvalue weighted by Crippen LogP contribution is 2.39. The van der Waals surface area contributed by atoms with E-state index in [9.17, 15) is 19.7 Å². The number of Topliss-reactive ketones (excluding diaryl/α,β-unsaturated/α-hetero) is 2. The molecule has 0 fully saturated rings. The third-order valence-electron chi connectivity index (χ3n) is 4.08. The Morgan fingerprint density at radius 2 is 1.71 bits per heavy atom. The van der Waals surface area contributed by atoms with E-state index in [2.05, 4.69) is 0 Å². The highest BCUT2D eigenvalue weighted by atomic mass is 16.6. The summed E-state index contributed by atoms with van der Waals surface area (Å²) in [6, 6.07) is 3.12. The molecule has 0 aliphatic heterocycles. The fourth-order valence-corrected chi connectivity index (χ4v) is 3.04. The number of hydrogen-bond acceptors (Lipinski definition) is 4. The van der Waals surface area contributed by atoms with Crippen LogP contribution in [0.2, 0.25) is 0 Å². The largest absolute Gasteiger partial charge is 0.293 e. The molecule has 0 spiro atoms. The topological polar surface area (TPSA) is 77.3 Å². The molecule has 0 heterocycles. The van der Waals surface area contributed by atoms with E-state index in [0.717, 1.165) is 0 Å². The average Bonchev–Trinajstić information content (AvgIpc) is 2.51. The monoisotopic (exact) mass is 283 g/mol. The lowest BCUT2D eigenvalue weighted by Crippen LogP contribution is -2.36. The molecular weight excluding hydrogens is 270 g/mol. The Bertz CT molecular complexity index is 730. The predicted molar refractivity (Wildman–Crippen MR) is 76.4 cm³/mol.